The van der Waals surface area contributed by atoms with Crippen LogP contribution in [-0.4, -0.2) is 26.7 Å². The average Bonchev–Trinajstić information content (AvgIpc) is 2.37. The maximum atomic E-state index is 13.0. The van der Waals surface area contributed by atoms with Crippen molar-refractivity contribution in [2.75, 3.05) is 31.6 Å². The molecule has 1 rings (SSSR count). The number of hydrogen-bond donors (Lipinski definition) is 1. The molecule has 18 heavy (non-hydrogen) atoms. The fraction of sp³-hybridized carbons (Fsp3) is 0.600. The highest BCUT2D eigenvalue weighted by molar-refractivity contribution is 5.45. The van der Waals surface area contributed by atoms with Gasteiger partial charge in [0.1, 0.15) is 5.82 Å². The van der Waals surface area contributed by atoms with Crippen molar-refractivity contribution in [3.63, 3.8) is 0 Å². The van der Waals surface area contributed by atoms with Gasteiger partial charge in [-0.15, -0.1) is 0 Å². The van der Waals surface area contributed by atoms with E-state index in [1.807, 2.05) is 13.1 Å². The van der Waals surface area contributed by atoms with Crippen LogP contribution in [0.1, 0.15) is 32.6 Å². The third kappa shape index (κ3) is 6.01. The largest absolute Gasteiger partial charge is 0.373 e. The summed E-state index contributed by atoms with van der Waals surface area (Å²) in [6, 6.07) is 6.73. The van der Waals surface area contributed by atoms with Crippen molar-refractivity contribution in [3.8, 4) is 0 Å². The molecule has 0 amide bonds. The molecule has 0 aliphatic heterocycles. The number of benzene rings is 1. The Bertz CT molecular complexity index is 328. The van der Waals surface area contributed by atoms with Gasteiger partial charge in [-0.1, -0.05) is 32.3 Å². The van der Waals surface area contributed by atoms with E-state index >= 15 is 0 Å². The summed E-state index contributed by atoms with van der Waals surface area (Å²) in [5, 5.41) is 3.42. The number of anilines is 1. The molecular weight excluding hydrogens is 227 g/mol. The molecular formula is C15H25FN2. The molecule has 2 nitrogen and oxygen atoms in total. The first-order valence-electron chi connectivity index (χ1n) is 6.91. The van der Waals surface area contributed by atoms with Gasteiger partial charge in [-0.25, -0.2) is 4.39 Å². The Balaban J connectivity index is 2.12. The minimum absolute atomic E-state index is 0.174. The summed E-state index contributed by atoms with van der Waals surface area (Å²) in [6.45, 7) is 5.15. The minimum Gasteiger partial charge on any atom is -0.373 e. The number of rotatable bonds is 9. The molecule has 1 aromatic carbocycles. The third-order valence-electron chi connectivity index (χ3n) is 3.08. The van der Waals surface area contributed by atoms with Crippen LogP contribution in [0.15, 0.2) is 24.3 Å². The number of nitrogens with one attached hydrogen (secondary N) is 1. The van der Waals surface area contributed by atoms with E-state index in [0.717, 1.165) is 25.3 Å². The van der Waals surface area contributed by atoms with Crippen LogP contribution in [0, 0.1) is 5.82 Å². The van der Waals surface area contributed by atoms with Gasteiger partial charge in [0.2, 0.25) is 0 Å². The molecule has 0 aliphatic carbocycles. The van der Waals surface area contributed by atoms with E-state index in [1.54, 1.807) is 12.1 Å². The number of hydrogen-bond acceptors (Lipinski definition) is 2. The molecule has 0 radical (unpaired) electrons. The second kappa shape index (κ2) is 8.92. The van der Waals surface area contributed by atoms with Crippen molar-refractivity contribution in [3.05, 3.63) is 30.1 Å². The Labute approximate surface area is 110 Å². The molecule has 0 heterocycles. The zero-order chi connectivity index (χ0) is 13.2. The third-order valence-corrected chi connectivity index (χ3v) is 3.08. The molecule has 0 bridgehead atoms. The van der Waals surface area contributed by atoms with E-state index in [4.69, 9.17) is 0 Å². The molecule has 0 spiro atoms. The second-order valence-corrected chi connectivity index (χ2v) is 4.71. The van der Waals surface area contributed by atoms with E-state index in [0.29, 0.717) is 0 Å². The Hall–Kier alpha value is -1.09. The predicted molar refractivity (Wildman–Crippen MR) is 76.7 cm³/mol. The molecule has 0 saturated carbocycles. The monoisotopic (exact) mass is 252 g/mol. The van der Waals surface area contributed by atoms with Crippen LogP contribution in [0.5, 0.6) is 0 Å². The second-order valence-electron chi connectivity index (χ2n) is 4.71. The molecule has 3 heteroatoms. The molecule has 1 N–H and O–H groups in total. The van der Waals surface area contributed by atoms with Crippen molar-refractivity contribution in [1.82, 2.24) is 5.32 Å². The summed E-state index contributed by atoms with van der Waals surface area (Å²) >= 11 is 0. The quantitative estimate of drug-likeness (QED) is 0.677. The normalized spacial score (nSPS) is 10.6. The van der Waals surface area contributed by atoms with Crippen LogP contribution in [0.3, 0.4) is 0 Å². The van der Waals surface area contributed by atoms with Crippen molar-refractivity contribution in [2.24, 2.45) is 0 Å². The Morgan fingerprint density at radius 2 is 2.00 bits per heavy atom. The highest BCUT2D eigenvalue weighted by Crippen LogP contribution is 2.12. The van der Waals surface area contributed by atoms with E-state index in [1.165, 1.54) is 31.7 Å². The molecule has 0 aliphatic rings. The van der Waals surface area contributed by atoms with E-state index in [-0.39, 0.29) is 5.82 Å². The molecule has 0 aromatic heterocycles. The van der Waals surface area contributed by atoms with Crippen molar-refractivity contribution in [1.29, 1.82) is 0 Å². The topological polar surface area (TPSA) is 15.3 Å². The maximum Gasteiger partial charge on any atom is 0.125 e. The lowest BCUT2D eigenvalue weighted by Gasteiger charge is -2.19. The molecule has 0 saturated heterocycles. The van der Waals surface area contributed by atoms with Gasteiger partial charge in [-0.2, -0.15) is 0 Å². The number of likely N-dealkylation sites (N-methyl/N-ethyl adjacent to an activating group) is 1. The van der Waals surface area contributed by atoms with Gasteiger partial charge in [0, 0.05) is 25.8 Å². The van der Waals surface area contributed by atoms with Crippen molar-refractivity contribution < 1.29 is 4.39 Å². The Morgan fingerprint density at radius 3 is 2.72 bits per heavy atom. The van der Waals surface area contributed by atoms with Gasteiger partial charge >= 0.3 is 0 Å². The molecule has 0 fully saturated rings. The lowest BCUT2D eigenvalue weighted by molar-refractivity contribution is 0.597. The predicted octanol–water partition coefficient (Wildman–Crippen LogP) is 3.43. The summed E-state index contributed by atoms with van der Waals surface area (Å²) in [7, 11) is 1.99. The van der Waals surface area contributed by atoms with E-state index in [2.05, 4.69) is 17.1 Å². The minimum atomic E-state index is -0.174. The summed E-state index contributed by atoms with van der Waals surface area (Å²) in [5.74, 6) is -0.174. The van der Waals surface area contributed by atoms with Gasteiger partial charge < -0.3 is 10.2 Å². The zero-order valence-corrected chi connectivity index (χ0v) is 11.6. The van der Waals surface area contributed by atoms with Gasteiger partial charge in [-0.05, 0) is 31.2 Å². The average molecular weight is 252 g/mol. The summed E-state index contributed by atoms with van der Waals surface area (Å²) in [4.78, 5) is 2.07. The fourth-order valence-corrected chi connectivity index (χ4v) is 1.89. The van der Waals surface area contributed by atoms with Crippen molar-refractivity contribution >= 4 is 5.69 Å². The van der Waals surface area contributed by atoms with E-state index in [9.17, 15) is 4.39 Å². The van der Waals surface area contributed by atoms with Crippen LogP contribution in [0.2, 0.25) is 0 Å². The summed E-state index contributed by atoms with van der Waals surface area (Å²) < 4.78 is 13.0. The highest BCUT2D eigenvalue weighted by Gasteiger charge is 2.01. The van der Waals surface area contributed by atoms with Gasteiger partial charge in [0.15, 0.2) is 0 Å². The standard InChI is InChI=1S/C15H25FN2/c1-3-4-5-6-10-17-11-12-18(2)15-9-7-8-14(16)13-15/h7-9,13,17H,3-6,10-12H2,1-2H3. The number of nitrogens with zero attached hydrogens (tertiary/aromatic N) is 1. The zero-order valence-electron chi connectivity index (χ0n) is 11.6. The first-order chi connectivity index (χ1) is 8.74. The summed E-state index contributed by atoms with van der Waals surface area (Å²) in [5.41, 5.74) is 0.933. The molecule has 102 valence electrons. The van der Waals surface area contributed by atoms with Crippen LogP contribution in [-0.2, 0) is 0 Å². The lowest BCUT2D eigenvalue weighted by Crippen LogP contribution is -2.29. The molecule has 0 atom stereocenters. The van der Waals surface area contributed by atoms with Crippen LogP contribution in [0.4, 0.5) is 10.1 Å². The van der Waals surface area contributed by atoms with Gasteiger partial charge in [0.05, 0.1) is 0 Å². The Morgan fingerprint density at radius 1 is 1.17 bits per heavy atom. The number of unbranched alkanes of at least 4 members (excludes halogenated alkanes) is 3. The molecule has 0 unspecified atom stereocenters. The summed E-state index contributed by atoms with van der Waals surface area (Å²) in [6.07, 6.45) is 5.16. The smallest absolute Gasteiger partial charge is 0.125 e. The fourth-order valence-electron chi connectivity index (χ4n) is 1.89. The highest BCUT2D eigenvalue weighted by atomic mass is 19.1. The first kappa shape index (κ1) is 15.0. The van der Waals surface area contributed by atoms with Gasteiger partial charge in [0.25, 0.3) is 0 Å². The van der Waals surface area contributed by atoms with Crippen molar-refractivity contribution in [2.45, 2.75) is 32.6 Å². The maximum absolute atomic E-state index is 13.0. The lowest BCUT2D eigenvalue weighted by atomic mass is 10.2. The molecule has 1 aromatic rings. The Kier molecular flexibility index (Phi) is 7.42. The SMILES string of the molecule is CCCCCCNCCN(C)c1cccc(F)c1. The van der Waals surface area contributed by atoms with Crippen LogP contribution < -0.4 is 10.2 Å². The first-order valence-corrected chi connectivity index (χ1v) is 6.91. The van der Waals surface area contributed by atoms with Crippen LogP contribution in [0.25, 0.3) is 0 Å². The van der Waals surface area contributed by atoms with Crippen LogP contribution >= 0.6 is 0 Å². The van der Waals surface area contributed by atoms with Gasteiger partial charge in [-0.3, -0.25) is 0 Å². The number of halogens is 1. The van der Waals surface area contributed by atoms with E-state index < -0.39 is 0 Å².